The topological polar surface area (TPSA) is 187 Å². The second-order valence-corrected chi connectivity index (χ2v) is 18.2. The predicted octanol–water partition coefficient (Wildman–Crippen LogP) is 8.52. The van der Waals surface area contributed by atoms with Crippen LogP contribution in [0.3, 0.4) is 0 Å². The summed E-state index contributed by atoms with van der Waals surface area (Å²) in [5.74, 6) is 1.62. The minimum absolute atomic E-state index is 0.0755. The summed E-state index contributed by atoms with van der Waals surface area (Å²) >= 11 is 0. The highest BCUT2D eigenvalue weighted by molar-refractivity contribution is 5.87. The van der Waals surface area contributed by atoms with E-state index in [1.165, 1.54) is 14.2 Å². The standard InChI is InChI=1S/C50H61N9O7/c1-28(2)42(55-49(62)64-7)46(60)57-22-12-16-39(57)44-51-26-36(53-44)33-19-21-38(30(5)24-33)59-31(6)35-20-18-34(25-41(35)66-48(59)32-14-10-9-11-15-32)37-27-52-45(54-37)40-17-13-23-58(40)47(61)43(29(3)4)56-50(63)65-8/h9-11,14-15,18-21,24-29,31,39-40,42-43,48H,12-13,16-17,22-23H2,1-8H3,(H,51,53)(H,52,54)(H,55,62)(H,56,63)/t31?,39-,40-,42-,43-,48?/m0/s1. The van der Waals surface area contributed by atoms with Crippen LogP contribution in [-0.2, 0) is 19.1 Å². The highest BCUT2D eigenvalue weighted by atomic mass is 16.5. The van der Waals surface area contributed by atoms with Gasteiger partial charge in [0.1, 0.15) is 29.5 Å². The molecule has 3 aliphatic heterocycles. The SMILES string of the molecule is COC(=O)N[C@H](C(=O)N1CCC[C@H]1c1ncc(-c2ccc(N3C(C)c4ccc(-c5cnc([C@@H]6CCCN6C(=O)[C@@H](NC(=O)OC)C(C)C)[nH]5)cc4OC3c3ccccc3)c(C)c2)[nH]1)C(C)C. The van der Waals surface area contributed by atoms with Crippen LogP contribution in [0.5, 0.6) is 5.75 Å². The number of fused-ring (bicyclic) bond motifs is 1. The zero-order chi connectivity index (χ0) is 46.8. The van der Waals surface area contributed by atoms with Gasteiger partial charge in [0.25, 0.3) is 0 Å². The third kappa shape index (κ3) is 9.05. The lowest BCUT2D eigenvalue weighted by Gasteiger charge is -2.44. The summed E-state index contributed by atoms with van der Waals surface area (Å²) in [6, 6.07) is 20.9. The van der Waals surface area contributed by atoms with Crippen molar-refractivity contribution in [3.63, 3.8) is 0 Å². The van der Waals surface area contributed by atoms with Crippen LogP contribution in [0.4, 0.5) is 15.3 Å². The van der Waals surface area contributed by atoms with Crippen molar-refractivity contribution >= 4 is 29.7 Å². The van der Waals surface area contributed by atoms with Crippen molar-refractivity contribution in [2.45, 2.75) is 104 Å². The molecular weight excluding hydrogens is 839 g/mol. The van der Waals surface area contributed by atoms with Crippen molar-refractivity contribution in [1.29, 1.82) is 0 Å². The summed E-state index contributed by atoms with van der Waals surface area (Å²) in [7, 11) is 2.58. The van der Waals surface area contributed by atoms with Crippen LogP contribution in [0.25, 0.3) is 22.5 Å². The van der Waals surface area contributed by atoms with Gasteiger partial charge in [0.05, 0.1) is 56.1 Å². The van der Waals surface area contributed by atoms with E-state index < -0.39 is 30.5 Å². The number of alkyl carbamates (subject to hydrolysis) is 2. The highest BCUT2D eigenvalue weighted by Crippen LogP contribution is 2.47. The summed E-state index contributed by atoms with van der Waals surface area (Å²) in [6.45, 7) is 13.1. The van der Waals surface area contributed by atoms with E-state index in [4.69, 9.17) is 24.2 Å². The molecule has 0 aliphatic carbocycles. The third-order valence-corrected chi connectivity index (χ3v) is 13.2. The molecule has 66 heavy (non-hydrogen) atoms. The normalized spacial score (nSPS) is 20.2. The minimum atomic E-state index is -0.715. The van der Waals surface area contributed by atoms with Crippen molar-refractivity contribution in [2.75, 3.05) is 32.2 Å². The smallest absolute Gasteiger partial charge is 0.407 e. The first kappa shape index (κ1) is 45.7. The Balaban J connectivity index is 1.03. The number of likely N-dealkylation sites (tertiary alicyclic amines) is 2. The van der Waals surface area contributed by atoms with E-state index in [1.807, 2.05) is 68.1 Å². The molecule has 8 rings (SSSR count). The molecule has 348 valence electrons. The number of H-pyrrole nitrogens is 2. The first-order valence-corrected chi connectivity index (χ1v) is 22.9. The van der Waals surface area contributed by atoms with E-state index >= 15 is 0 Å². The van der Waals surface area contributed by atoms with Gasteiger partial charge >= 0.3 is 12.2 Å². The van der Waals surface area contributed by atoms with Gasteiger partial charge in [-0.25, -0.2) is 19.6 Å². The molecule has 0 saturated carbocycles. The number of benzene rings is 3. The van der Waals surface area contributed by atoms with Crippen LogP contribution in [0.2, 0.25) is 0 Å². The molecule has 5 heterocycles. The molecule has 16 nitrogen and oxygen atoms in total. The van der Waals surface area contributed by atoms with Gasteiger partial charge in [0.15, 0.2) is 6.23 Å². The number of aryl methyl sites for hydroxylation is 1. The Labute approximate surface area is 385 Å². The zero-order valence-corrected chi connectivity index (χ0v) is 39.0. The fourth-order valence-corrected chi connectivity index (χ4v) is 9.66. The first-order valence-electron chi connectivity index (χ1n) is 22.9. The first-order chi connectivity index (χ1) is 31.8. The zero-order valence-electron chi connectivity index (χ0n) is 39.0. The lowest BCUT2D eigenvalue weighted by atomic mass is 9.96. The number of ether oxygens (including phenoxy) is 3. The number of carbonyl (C=O) groups excluding carboxylic acids is 4. The van der Waals surface area contributed by atoms with E-state index in [0.29, 0.717) is 24.7 Å². The number of aromatic amines is 2. The van der Waals surface area contributed by atoms with Gasteiger partial charge in [0.2, 0.25) is 11.8 Å². The summed E-state index contributed by atoms with van der Waals surface area (Å²) in [4.78, 5) is 74.3. The molecule has 6 atom stereocenters. The number of nitrogens with zero attached hydrogens (tertiary/aromatic N) is 5. The molecule has 16 heteroatoms. The molecule has 5 aromatic rings. The van der Waals surface area contributed by atoms with Crippen LogP contribution in [-0.4, -0.2) is 93.1 Å². The number of methoxy groups -OCH3 is 2. The molecule has 2 aromatic heterocycles. The fourth-order valence-electron chi connectivity index (χ4n) is 9.66. The van der Waals surface area contributed by atoms with E-state index in [-0.39, 0.29) is 41.8 Å². The van der Waals surface area contributed by atoms with Gasteiger partial charge in [-0.15, -0.1) is 0 Å². The number of anilines is 1. The number of rotatable bonds is 12. The summed E-state index contributed by atoms with van der Waals surface area (Å²) in [6.07, 6.45) is 5.10. The highest BCUT2D eigenvalue weighted by Gasteiger charge is 2.40. The van der Waals surface area contributed by atoms with Gasteiger partial charge in [-0.3, -0.25) is 9.59 Å². The Hall–Kier alpha value is -6.84. The molecule has 4 amide bonds. The maximum absolute atomic E-state index is 13.8. The van der Waals surface area contributed by atoms with Crippen molar-refractivity contribution in [3.8, 4) is 28.3 Å². The molecule has 0 spiro atoms. The second kappa shape index (κ2) is 19.3. The van der Waals surface area contributed by atoms with E-state index in [2.05, 4.69) is 87.9 Å². The quantitative estimate of drug-likeness (QED) is 0.0946. The Morgan fingerprint density at radius 1 is 0.727 bits per heavy atom. The number of amides is 4. The Kier molecular flexibility index (Phi) is 13.4. The largest absolute Gasteiger partial charge is 0.466 e. The Bertz CT molecular complexity index is 2560. The van der Waals surface area contributed by atoms with Gasteiger partial charge in [-0.2, -0.15) is 0 Å². The van der Waals surface area contributed by atoms with Gasteiger partial charge in [-0.05, 0) is 80.7 Å². The Morgan fingerprint density at radius 3 is 1.74 bits per heavy atom. The predicted molar refractivity (Wildman–Crippen MR) is 249 cm³/mol. The molecule has 0 radical (unpaired) electrons. The van der Waals surface area contributed by atoms with Crippen molar-refractivity contribution in [3.05, 3.63) is 107 Å². The van der Waals surface area contributed by atoms with Gasteiger partial charge in [0, 0.05) is 35.5 Å². The van der Waals surface area contributed by atoms with Crippen LogP contribution in [0.15, 0.2) is 79.1 Å². The van der Waals surface area contributed by atoms with Crippen LogP contribution >= 0.6 is 0 Å². The molecule has 0 bridgehead atoms. The van der Waals surface area contributed by atoms with Crippen LogP contribution < -0.4 is 20.3 Å². The molecule has 4 N–H and O–H groups in total. The van der Waals surface area contributed by atoms with Gasteiger partial charge in [-0.1, -0.05) is 76.2 Å². The number of carbonyl (C=O) groups is 4. The number of hydrogen-bond donors (Lipinski definition) is 4. The van der Waals surface area contributed by atoms with Crippen molar-refractivity contribution in [1.82, 2.24) is 40.4 Å². The molecule has 2 saturated heterocycles. The molecule has 2 fully saturated rings. The number of imidazole rings is 2. The van der Waals surface area contributed by atoms with Crippen molar-refractivity contribution < 1.29 is 33.4 Å². The minimum Gasteiger partial charge on any atom is -0.466 e. The lowest BCUT2D eigenvalue weighted by molar-refractivity contribution is -0.136. The molecular formula is C50H61N9O7. The molecule has 3 aliphatic rings. The average molecular weight is 900 g/mol. The van der Waals surface area contributed by atoms with E-state index in [1.54, 1.807) is 0 Å². The number of aromatic nitrogens is 4. The summed E-state index contributed by atoms with van der Waals surface area (Å²) < 4.78 is 16.6. The van der Waals surface area contributed by atoms with E-state index in [0.717, 1.165) is 76.3 Å². The number of nitrogens with one attached hydrogen (secondary N) is 4. The van der Waals surface area contributed by atoms with Crippen LogP contribution in [0.1, 0.15) is 113 Å². The van der Waals surface area contributed by atoms with Crippen LogP contribution in [0, 0.1) is 18.8 Å². The second-order valence-electron chi connectivity index (χ2n) is 18.2. The van der Waals surface area contributed by atoms with E-state index in [9.17, 15) is 19.2 Å². The summed E-state index contributed by atoms with van der Waals surface area (Å²) in [5, 5.41) is 5.44. The maximum atomic E-state index is 13.8. The average Bonchev–Trinajstić information content (AvgIpc) is 4.17. The number of hydrogen-bond acceptors (Lipinski definition) is 10. The molecule has 3 aromatic carbocycles. The lowest BCUT2D eigenvalue weighted by Crippen LogP contribution is -2.51. The van der Waals surface area contributed by atoms with Gasteiger partial charge < -0.3 is 49.5 Å². The Morgan fingerprint density at radius 2 is 1.24 bits per heavy atom. The monoisotopic (exact) mass is 899 g/mol. The summed E-state index contributed by atoms with van der Waals surface area (Å²) in [5.41, 5.74) is 7.65. The molecule has 2 unspecified atom stereocenters. The van der Waals surface area contributed by atoms with Crippen molar-refractivity contribution in [2.24, 2.45) is 11.8 Å². The third-order valence-electron chi connectivity index (χ3n) is 13.2. The maximum Gasteiger partial charge on any atom is 0.407 e. The fraction of sp³-hybridized carbons (Fsp3) is 0.440.